The molecule has 1 aliphatic heterocycles. The van der Waals surface area contributed by atoms with Gasteiger partial charge < -0.3 is 19.0 Å². The molecule has 2 N–H and O–H groups in total. The zero-order chi connectivity index (χ0) is 25.1. The highest BCUT2D eigenvalue weighted by molar-refractivity contribution is 7.80. The van der Waals surface area contributed by atoms with Gasteiger partial charge in [0.1, 0.15) is 17.9 Å². The fourth-order valence-electron chi connectivity index (χ4n) is 3.44. The number of aryl methyl sites for hydroxylation is 1. The van der Waals surface area contributed by atoms with Crippen molar-refractivity contribution < 1.29 is 33.4 Å². The predicted molar refractivity (Wildman–Crippen MR) is 130 cm³/mol. The second kappa shape index (κ2) is 9.82. The quantitative estimate of drug-likeness (QED) is 0.291. The number of ether oxygens (including phenoxy) is 2. The van der Waals surface area contributed by atoms with Gasteiger partial charge in [-0.1, -0.05) is 18.2 Å². The van der Waals surface area contributed by atoms with Gasteiger partial charge in [0.15, 0.2) is 16.6 Å². The molecule has 9 nitrogen and oxygen atoms in total. The third-order valence-electron chi connectivity index (χ3n) is 5.10. The van der Waals surface area contributed by atoms with Gasteiger partial charge in [0.25, 0.3) is 11.8 Å². The van der Waals surface area contributed by atoms with Crippen LogP contribution in [-0.4, -0.2) is 35.1 Å². The Morgan fingerprint density at radius 2 is 1.94 bits per heavy atom. The number of nitrogens with one attached hydrogen (secondary N) is 1. The summed E-state index contributed by atoms with van der Waals surface area (Å²) in [7, 11) is 1.45. The van der Waals surface area contributed by atoms with E-state index in [1.165, 1.54) is 30.2 Å². The van der Waals surface area contributed by atoms with Gasteiger partial charge in [0, 0.05) is 0 Å². The highest BCUT2D eigenvalue weighted by Crippen LogP contribution is 2.31. The number of carbonyl (C=O) groups is 3. The van der Waals surface area contributed by atoms with Crippen LogP contribution in [0.3, 0.4) is 0 Å². The molecule has 35 heavy (non-hydrogen) atoms. The molecule has 2 amide bonds. The Bertz CT molecular complexity index is 1380. The van der Waals surface area contributed by atoms with Gasteiger partial charge in [0.2, 0.25) is 5.76 Å². The van der Waals surface area contributed by atoms with Crippen LogP contribution in [-0.2, 0) is 16.2 Å². The third kappa shape index (κ3) is 5.07. The molecule has 0 atom stereocenters. The fourth-order valence-corrected chi connectivity index (χ4v) is 3.72. The average molecular weight is 493 g/mol. The minimum atomic E-state index is -1.17. The minimum Gasteiger partial charge on any atom is -0.493 e. The topological polar surface area (TPSA) is 118 Å². The van der Waals surface area contributed by atoms with Crippen molar-refractivity contribution >= 4 is 46.9 Å². The van der Waals surface area contributed by atoms with E-state index in [0.717, 1.165) is 5.56 Å². The van der Waals surface area contributed by atoms with Gasteiger partial charge in [-0.3, -0.25) is 19.8 Å². The first kappa shape index (κ1) is 23.7. The first-order valence-electron chi connectivity index (χ1n) is 10.4. The van der Waals surface area contributed by atoms with Crippen LogP contribution in [0.1, 0.15) is 27.4 Å². The zero-order valence-corrected chi connectivity index (χ0v) is 19.5. The van der Waals surface area contributed by atoms with Crippen LogP contribution in [0.25, 0.3) is 6.08 Å². The number of carbonyl (C=O) groups excluding carboxylic acids is 2. The first-order valence-corrected chi connectivity index (χ1v) is 10.8. The molecule has 2 heterocycles. The van der Waals surface area contributed by atoms with Gasteiger partial charge >= 0.3 is 5.97 Å². The molecule has 1 aliphatic rings. The maximum atomic E-state index is 13.2. The minimum absolute atomic E-state index is 0.00746. The smallest absolute Gasteiger partial charge is 0.371 e. The van der Waals surface area contributed by atoms with Crippen LogP contribution in [0, 0.1) is 6.92 Å². The van der Waals surface area contributed by atoms with E-state index < -0.39 is 17.8 Å². The summed E-state index contributed by atoms with van der Waals surface area (Å²) in [6.07, 6.45) is 1.44. The third-order valence-corrected chi connectivity index (χ3v) is 5.39. The SMILES string of the molecule is COc1cc(/C=C2\C(=O)NC(=S)N(c3cccc(C)c3)C2=O)ccc1OCc1ccc(C(=O)O)o1. The lowest BCUT2D eigenvalue weighted by molar-refractivity contribution is -0.122. The van der Waals surface area contributed by atoms with E-state index in [0.29, 0.717) is 28.5 Å². The summed E-state index contributed by atoms with van der Waals surface area (Å²) in [4.78, 5) is 38.0. The summed E-state index contributed by atoms with van der Waals surface area (Å²) < 4.78 is 16.3. The van der Waals surface area contributed by atoms with Crippen LogP contribution in [0.15, 0.2) is 64.6 Å². The molecule has 0 bridgehead atoms. The molecule has 0 unspecified atom stereocenters. The number of thiocarbonyl (C=S) groups is 1. The average Bonchev–Trinajstić information content (AvgIpc) is 3.30. The Morgan fingerprint density at radius 3 is 2.63 bits per heavy atom. The van der Waals surface area contributed by atoms with Gasteiger partial charge in [-0.15, -0.1) is 0 Å². The van der Waals surface area contributed by atoms with Gasteiger partial charge in [-0.2, -0.15) is 0 Å². The number of carboxylic acids is 1. The van der Waals surface area contributed by atoms with Crippen LogP contribution in [0.2, 0.25) is 0 Å². The molecule has 0 spiro atoms. The van der Waals surface area contributed by atoms with E-state index in [2.05, 4.69) is 5.32 Å². The molecule has 3 aromatic rings. The molecule has 0 radical (unpaired) electrons. The summed E-state index contributed by atoms with van der Waals surface area (Å²) in [5.74, 6) is -1.47. The first-order chi connectivity index (χ1) is 16.8. The number of carboxylic acid groups (broad SMARTS) is 1. The summed E-state index contributed by atoms with van der Waals surface area (Å²) in [6.45, 7) is 1.87. The number of hydrogen-bond acceptors (Lipinski definition) is 7. The second-order valence-electron chi connectivity index (χ2n) is 7.57. The zero-order valence-electron chi connectivity index (χ0n) is 18.7. The Kier molecular flexibility index (Phi) is 6.65. The normalized spacial score (nSPS) is 14.7. The van der Waals surface area contributed by atoms with Crippen LogP contribution < -0.4 is 19.7 Å². The summed E-state index contributed by atoms with van der Waals surface area (Å²) >= 11 is 5.24. The lowest BCUT2D eigenvalue weighted by Gasteiger charge is -2.29. The number of anilines is 1. The van der Waals surface area contributed by atoms with E-state index in [1.54, 1.807) is 36.4 Å². The number of amides is 2. The molecule has 0 aliphatic carbocycles. The fraction of sp³-hybridized carbons (Fsp3) is 0.120. The highest BCUT2D eigenvalue weighted by Gasteiger charge is 2.34. The van der Waals surface area contributed by atoms with Crippen molar-refractivity contribution in [3.05, 3.63) is 82.8 Å². The highest BCUT2D eigenvalue weighted by atomic mass is 32.1. The molecular formula is C25H20N2O7S. The number of furan rings is 1. The molecular weight excluding hydrogens is 472 g/mol. The largest absolute Gasteiger partial charge is 0.493 e. The predicted octanol–water partition coefficient (Wildman–Crippen LogP) is 3.71. The van der Waals surface area contributed by atoms with Crippen LogP contribution in [0.4, 0.5) is 5.69 Å². The number of rotatable bonds is 7. The summed E-state index contributed by atoms with van der Waals surface area (Å²) in [5.41, 5.74) is 1.93. The van der Waals surface area contributed by atoms with Crippen molar-refractivity contribution in [2.75, 3.05) is 12.0 Å². The molecule has 10 heteroatoms. The van der Waals surface area contributed by atoms with Crippen LogP contribution >= 0.6 is 12.2 Å². The molecule has 0 saturated carbocycles. The van der Waals surface area contributed by atoms with E-state index in [4.69, 9.17) is 31.2 Å². The van der Waals surface area contributed by atoms with Gasteiger partial charge in [-0.25, -0.2) is 4.79 Å². The monoisotopic (exact) mass is 492 g/mol. The number of methoxy groups -OCH3 is 1. The Balaban J connectivity index is 1.57. The van der Waals surface area contributed by atoms with Crippen molar-refractivity contribution in [1.29, 1.82) is 0 Å². The van der Waals surface area contributed by atoms with Crippen molar-refractivity contribution in [2.45, 2.75) is 13.5 Å². The lowest BCUT2D eigenvalue weighted by Crippen LogP contribution is -2.54. The molecule has 2 aromatic carbocycles. The van der Waals surface area contributed by atoms with Crippen LogP contribution in [0.5, 0.6) is 11.5 Å². The second-order valence-corrected chi connectivity index (χ2v) is 7.95. The van der Waals surface area contributed by atoms with E-state index in [-0.39, 0.29) is 23.1 Å². The Morgan fingerprint density at radius 1 is 1.14 bits per heavy atom. The van der Waals surface area contributed by atoms with E-state index in [1.807, 2.05) is 13.0 Å². The maximum Gasteiger partial charge on any atom is 0.371 e. The number of nitrogens with zero attached hydrogens (tertiary/aromatic N) is 1. The Hall–Kier alpha value is -4.44. The lowest BCUT2D eigenvalue weighted by atomic mass is 10.1. The number of hydrogen-bond donors (Lipinski definition) is 2. The van der Waals surface area contributed by atoms with Crippen molar-refractivity contribution in [1.82, 2.24) is 5.32 Å². The number of benzene rings is 2. The summed E-state index contributed by atoms with van der Waals surface area (Å²) in [6, 6.07) is 14.9. The standard InChI is InChI=1S/C25H20N2O7S/c1-14-4-3-5-16(10-14)27-23(29)18(22(28)26-25(27)35)11-15-6-8-19(21(12-15)32-2)33-13-17-7-9-20(34-17)24(30)31/h3-12H,13H2,1-2H3,(H,30,31)(H,26,28,35)/b18-11+. The van der Waals surface area contributed by atoms with Gasteiger partial charge in [0.05, 0.1) is 12.8 Å². The Labute approximate surface area is 205 Å². The van der Waals surface area contributed by atoms with E-state index >= 15 is 0 Å². The number of aromatic carboxylic acids is 1. The molecule has 1 saturated heterocycles. The van der Waals surface area contributed by atoms with E-state index in [9.17, 15) is 14.4 Å². The van der Waals surface area contributed by atoms with Crippen molar-refractivity contribution in [2.24, 2.45) is 0 Å². The van der Waals surface area contributed by atoms with Gasteiger partial charge in [-0.05, 0) is 72.7 Å². The van der Waals surface area contributed by atoms with Crippen molar-refractivity contribution in [3.63, 3.8) is 0 Å². The molecule has 1 aromatic heterocycles. The molecule has 4 rings (SSSR count). The molecule has 1 fully saturated rings. The summed E-state index contributed by atoms with van der Waals surface area (Å²) in [5, 5.41) is 11.5. The van der Waals surface area contributed by atoms with Crippen molar-refractivity contribution in [3.8, 4) is 11.5 Å². The maximum absolute atomic E-state index is 13.2. The molecule has 178 valence electrons.